The largest absolute Gasteiger partial charge is 0.305 e. The smallest absolute Gasteiger partial charge is 0.265 e. The van der Waals surface area contributed by atoms with E-state index < -0.39 is 0 Å². The number of hydrogen-bond donors (Lipinski definition) is 1. The van der Waals surface area contributed by atoms with Gasteiger partial charge >= 0.3 is 0 Å². The van der Waals surface area contributed by atoms with Crippen LogP contribution in [0.5, 0.6) is 0 Å². The van der Waals surface area contributed by atoms with E-state index in [1.165, 1.54) is 0 Å². The van der Waals surface area contributed by atoms with Crippen LogP contribution in [0.1, 0.15) is 24.7 Å². The summed E-state index contributed by atoms with van der Waals surface area (Å²) in [4.78, 5) is 23.3. The molecule has 0 saturated heterocycles. The number of nitrogens with one attached hydrogen (secondary N) is 1. The van der Waals surface area contributed by atoms with Crippen LogP contribution < -0.4 is 5.56 Å². The lowest BCUT2D eigenvalue weighted by Crippen LogP contribution is -2.13. The summed E-state index contributed by atoms with van der Waals surface area (Å²) in [6.07, 6.45) is 3.44. The fraction of sp³-hybridized carbons (Fsp3) is 0.308. The maximum Gasteiger partial charge on any atom is 0.265 e. The van der Waals surface area contributed by atoms with Crippen LogP contribution in [0.25, 0.3) is 11.4 Å². The quantitative estimate of drug-likeness (QED) is 0.948. The van der Waals surface area contributed by atoms with Crippen LogP contribution in [-0.2, 0) is 6.42 Å². The van der Waals surface area contributed by atoms with Gasteiger partial charge in [-0.3, -0.25) is 9.78 Å². The highest BCUT2D eigenvalue weighted by atomic mass is 79.9. The molecule has 0 bridgehead atoms. The third-order valence-electron chi connectivity index (χ3n) is 2.60. The summed E-state index contributed by atoms with van der Waals surface area (Å²) < 4.78 is 0.521. The van der Waals surface area contributed by atoms with Gasteiger partial charge in [-0.15, -0.1) is 0 Å². The predicted octanol–water partition coefficient (Wildman–Crippen LogP) is 2.86. The van der Waals surface area contributed by atoms with Gasteiger partial charge in [0.15, 0.2) is 0 Å². The number of halogens is 1. The Kier molecular flexibility index (Phi) is 3.91. The van der Waals surface area contributed by atoms with Crippen molar-refractivity contribution in [3.63, 3.8) is 0 Å². The van der Waals surface area contributed by atoms with E-state index in [1.807, 2.05) is 19.1 Å². The SMILES string of the molecule is CCCc1nc(-c2ccc(C)nc2)[nH]c(=O)c1Br. The van der Waals surface area contributed by atoms with E-state index >= 15 is 0 Å². The van der Waals surface area contributed by atoms with E-state index in [4.69, 9.17) is 0 Å². The molecule has 2 aromatic rings. The molecule has 5 heteroatoms. The number of hydrogen-bond acceptors (Lipinski definition) is 3. The number of H-pyrrole nitrogens is 1. The minimum absolute atomic E-state index is 0.149. The van der Waals surface area contributed by atoms with Crippen LogP contribution in [0.15, 0.2) is 27.6 Å². The molecule has 0 saturated carbocycles. The van der Waals surface area contributed by atoms with Crippen molar-refractivity contribution in [2.75, 3.05) is 0 Å². The summed E-state index contributed by atoms with van der Waals surface area (Å²) in [5.41, 5.74) is 2.40. The minimum atomic E-state index is -0.149. The molecule has 2 heterocycles. The number of aryl methyl sites for hydroxylation is 2. The summed E-state index contributed by atoms with van der Waals surface area (Å²) in [6, 6.07) is 3.81. The van der Waals surface area contributed by atoms with Crippen molar-refractivity contribution in [1.29, 1.82) is 0 Å². The first-order valence-electron chi connectivity index (χ1n) is 5.83. The highest BCUT2D eigenvalue weighted by Gasteiger charge is 2.09. The standard InChI is InChI=1S/C13H14BrN3O/c1-3-4-10-11(14)13(18)17-12(16-10)9-6-5-8(2)15-7-9/h5-7H,3-4H2,1-2H3,(H,16,17,18). The third kappa shape index (κ3) is 2.67. The molecule has 0 fully saturated rings. The first kappa shape index (κ1) is 13.0. The molecular weight excluding hydrogens is 294 g/mol. The molecule has 1 N–H and O–H groups in total. The summed E-state index contributed by atoms with van der Waals surface area (Å²) in [6.45, 7) is 3.98. The van der Waals surface area contributed by atoms with E-state index in [9.17, 15) is 4.79 Å². The van der Waals surface area contributed by atoms with Crippen molar-refractivity contribution in [2.45, 2.75) is 26.7 Å². The third-order valence-corrected chi connectivity index (χ3v) is 3.42. The first-order chi connectivity index (χ1) is 8.61. The van der Waals surface area contributed by atoms with Gasteiger partial charge in [-0.05, 0) is 41.4 Å². The number of nitrogens with zero attached hydrogens (tertiary/aromatic N) is 2. The molecule has 0 aliphatic rings. The lowest BCUT2D eigenvalue weighted by Gasteiger charge is -2.05. The van der Waals surface area contributed by atoms with E-state index in [2.05, 4.69) is 37.8 Å². The van der Waals surface area contributed by atoms with Crippen molar-refractivity contribution in [1.82, 2.24) is 15.0 Å². The van der Waals surface area contributed by atoms with Gasteiger partial charge in [0.2, 0.25) is 0 Å². The average molecular weight is 308 g/mol. The molecule has 0 radical (unpaired) electrons. The molecule has 18 heavy (non-hydrogen) atoms. The minimum Gasteiger partial charge on any atom is -0.305 e. The number of pyridine rings is 1. The number of rotatable bonds is 3. The lowest BCUT2D eigenvalue weighted by molar-refractivity contribution is 0.861. The molecule has 0 amide bonds. The Morgan fingerprint density at radius 1 is 1.39 bits per heavy atom. The van der Waals surface area contributed by atoms with Crippen LogP contribution in [0.2, 0.25) is 0 Å². The molecule has 4 nitrogen and oxygen atoms in total. The van der Waals surface area contributed by atoms with E-state index in [-0.39, 0.29) is 5.56 Å². The van der Waals surface area contributed by atoms with Gasteiger partial charge in [-0.1, -0.05) is 13.3 Å². The number of aromatic nitrogens is 3. The zero-order chi connectivity index (χ0) is 13.1. The van der Waals surface area contributed by atoms with Crippen LogP contribution in [0, 0.1) is 6.92 Å². The molecule has 94 valence electrons. The topological polar surface area (TPSA) is 58.6 Å². The van der Waals surface area contributed by atoms with E-state index in [0.717, 1.165) is 29.8 Å². The maximum atomic E-state index is 11.8. The molecule has 0 aromatic carbocycles. The monoisotopic (exact) mass is 307 g/mol. The Labute approximate surface area is 114 Å². The van der Waals surface area contributed by atoms with Gasteiger partial charge < -0.3 is 4.98 Å². The molecule has 0 unspecified atom stereocenters. The van der Waals surface area contributed by atoms with E-state index in [1.54, 1.807) is 6.20 Å². The van der Waals surface area contributed by atoms with Crippen LogP contribution in [0.4, 0.5) is 0 Å². The molecule has 0 aliphatic carbocycles. The van der Waals surface area contributed by atoms with Gasteiger partial charge in [-0.25, -0.2) is 4.98 Å². The fourth-order valence-electron chi connectivity index (χ4n) is 1.65. The second-order valence-electron chi connectivity index (χ2n) is 4.11. The summed E-state index contributed by atoms with van der Waals surface area (Å²) >= 11 is 3.28. The van der Waals surface area contributed by atoms with Crippen molar-refractivity contribution < 1.29 is 0 Å². The Balaban J connectivity index is 2.51. The van der Waals surface area contributed by atoms with Gasteiger partial charge in [0.25, 0.3) is 5.56 Å². The Morgan fingerprint density at radius 2 is 2.17 bits per heavy atom. The lowest BCUT2D eigenvalue weighted by atomic mass is 10.2. The molecular formula is C13H14BrN3O. The van der Waals surface area contributed by atoms with E-state index in [0.29, 0.717) is 10.3 Å². The number of aromatic amines is 1. The molecule has 0 spiro atoms. The Morgan fingerprint density at radius 3 is 2.78 bits per heavy atom. The molecule has 2 rings (SSSR count). The predicted molar refractivity (Wildman–Crippen MR) is 74.5 cm³/mol. The first-order valence-corrected chi connectivity index (χ1v) is 6.63. The fourth-order valence-corrected chi connectivity index (χ4v) is 2.04. The molecule has 0 atom stereocenters. The van der Waals surface area contributed by atoms with Crippen LogP contribution in [0.3, 0.4) is 0 Å². The van der Waals surface area contributed by atoms with Gasteiger partial charge in [0, 0.05) is 17.5 Å². The molecule has 2 aromatic heterocycles. The van der Waals surface area contributed by atoms with Crippen molar-refractivity contribution in [3.05, 3.63) is 44.5 Å². The highest BCUT2D eigenvalue weighted by Crippen LogP contribution is 2.17. The second kappa shape index (κ2) is 5.44. The molecule has 0 aliphatic heterocycles. The average Bonchev–Trinajstić information content (AvgIpc) is 2.36. The summed E-state index contributed by atoms with van der Waals surface area (Å²) in [5, 5.41) is 0. The Hall–Kier alpha value is -1.49. The Bertz CT molecular complexity index is 605. The van der Waals surface area contributed by atoms with Crippen molar-refractivity contribution in [2.24, 2.45) is 0 Å². The van der Waals surface area contributed by atoms with Gasteiger partial charge in [0.1, 0.15) is 10.3 Å². The summed E-state index contributed by atoms with van der Waals surface area (Å²) in [7, 11) is 0. The summed E-state index contributed by atoms with van der Waals surface area (Å²) in [5.74, 6) is 0.569. The zero-order valence-corrected chi connectivity index (χ0v) is 11.9. The zero-order valence-electron chi connectivity index (χ0n) is 10.3. The maximum absolute atomic E-state index is 11.8. The highest BCUT2D eigenvalue weighted by molar-refractivity contribution is 9.10. The van der Waals surface area contributed by atoms with Gasteiger partial charge in [0.05, 0.1) is 5.69 Å². The van der Waals surface area contributed by atoms with Crippen molar-refractivity contribution >= 4 is 15.9 Å². The van der Waals surface area contributed by atoms with Gasteiger partial charge in [-0.2, -0.15) is 0 Å². The second-order valence-corrected chi connectivity index (χ2v) is 4.91. The van der Waals surface area contributed by atoms with Crippen molar-refractivity contribution in [3.8, 4) is 11.4 Å². The van der Waals surface area contributed by atoms with Crippen LogP contribution >= 0.6 is 15.9 Å². The van der Waals surface area contributed by atoms with Crippen LogP contribution in [-0.4, -0.2) is 15.0 Å². The normalized spacial score (nSPS) is 10.6.